The number of aryl methyl sites for hydroxylation is 3. The van der Waals surface area contributed by atoms with Crippen molar-refractivity contribution in [2.24, 2.45) is 0 Å². The number of rotatable bonds is 9. The van der Waals surface area contributed by atoms with Gasteiger partial charge in [0, 0.05) is 5.75 Å². The monoisotopic (exact) mass is 357 g/mol. The number of benzene rings is 2. The summed E-state index contributed by atoms with van der Waals surface area (Å²) in [7, 11) is 0. The molecule has 0 fully saturated rings. The van der Waals surface area contributed by atoms with Gasteiger partial charge in [-0.3, -0.25) is 4.79 Å². The Labute approximate surface area is 155 Å². The van der Waals surface area contributed by atoms with Crippen LogP contribution in [0.4, 0.5) is 0 Å². The van der Waals surface area contributed by atoms with Crippen molar-refractivity contribution in [3.05, 3.63) is 64.7 Å². The summed E-state index contributed by atoms with van der Waals surface area (Å²) in [6.45, 7) is 7.34. The molecular weight excluding hydrogens is 330 g/mol. The lowest BCUT2D eigenvalue weighted by Crippen LogP contribution is -2.29. The van der Waals surface area contributed by atoms with Crippen LogP contribution in [0.15, 0.2) is 42.5 Å². The first-order valence-electron chi connectivity index (χ1n) is 8.70. The zero-order valence-electron chi connectivity index (χ0n) is 15.3. The Bertz CT molecular complexity index is 663. The Kier molecular flexibility index (Phi) is 7.86. The van der Waals surface area contributed by atoms with Gasteiger partial charge in [-0.25, -0.2) is 0 Å². The largest absolute Gasteiger partial charge is 0.492 e. The number of hydrogen-bond donors (Lipinski definition) is 1. The fourth-order valence-electron chi connectivity index (χ4n) is 2.65. The van der Waals surface area contributed by atoms with Gasteiger partial charge in [0.25, 0.3) is 0 Å². The van der Waals surface area contributed by atoms with Gasteiger partial charge in [-0.2, -0.15) is 0 Å². The van der Waals surface area contributed by atoms with E-state index < -0.39 is 0 Å². The van der Waals surface area contributed by atoms with Crippen LogP contribution in [0.25, 0.3) is 0 Å². The van der Waals surface area contributed by atoms with E-state index in [9.17, 15) is 4.79 Å². The average molecular weight is 358 g/mol. The second-order valence-electron chi connectivity index (χ2n) is 6.18. The van der Waals surface area contributed by atoms with Crippen LogP contribution in [0.5, 0.6) is 5.75 Å². The van der Waals surface area contributed by atoms with E-state index in [1.807, 2.05) is 12.1 Å². The highest BCUT2D eigenvalue weighted by Crippen LogP contribution is 2.15. The first kappa shape index (κ1) is 19.4. The predicted molar refractivity (Wildman–Crippen MR) is 106 cm³/mol. The first-order valence-corrected chi connectivity index (χ1v) is 9.85. The van der Waals surface area contributed by atoms with E-state index in [4.69, 9.17) is 4.74 Å². The molecule has 1 amide bonds. The van der Waals surface area contributed by atoms with Gasteiger partial charge in [0.05, 0.1) is 12.3 Å². The summed E-state index contributed by atoms with van der Waals surface area (Å²) in [5.74, 6) is 2.23. The molecular formula is C21H27NO2S. The van der Waals surface area contributed by atoms with Crippen molar-refractivity contribution in [2.45, 2.75) is 32.9 Å². The maximum Gasteiger partial charge on any atom is 0.230 e. The minimum atomic E-state index is 0.0549. The molecule has 0 spiro atoms. The normalized spacial score (nSPS) is 10.5. The molecule has 0 atom stereocenters. The number of ether oxygens (including phenoxy) is 1. The molecule has 0 radical (unpaired) electrons. The lowest BCUT2D eigenvalue weighted by molar-refractivity contribution is -0.118. The van der Waals surface area contributed by atoms with Crippen molar-refractivity contribution >= 4 is 17.7 Å². The maximum atomic E-state index is 11.9. The summed E-state index contributed by atoms with van der Waals surface area (Å²) in [6, 6.07) is 14.6. The molecule has 2 rings (SSSR count). The van der Waals surface area contributed by atoms with E-state index in [0.717, 1.165) is 17.9 Å². The Balaban J connectivity index is 1.60. The Morgan fingerprint density at radius 3 is 2.36 bits per heavy atom. The summed E-state index contributed by atoms with van der Waals surface area (Å²) < 4.78 is 5.63. The van der Waals surface area contributed by atoms with Gasteiger partial charge >= 0.3 is 0 Å². The molecule has 0 aliphatic rings. The quantitative estimate of drug-likeness (QED) is 0.680. The number of carbonyl (C=O) groups excluding carboxylic acids is 1. The Morgan fingerprint density at radius 1 is 1.04 bits per heavy atom. The minimum absolute atomic E-state index is 0.0549. The molecule has 0 aliphatic carbocycles. The predicted octanol–water partition coefficient (Wildman–Crippen LogP) is 4.29. The van der Waals surface area contributed by atoms with Gasteiger partial charge in [-0.1, -0.05) is 48.4 Å². The molecule has 4 heteroatoms. The number of hydrogen-bond acceptors (Lipinski definition) is 3. The lowest BCUT2D eigenvalue weighted by atomic mass is 10.1. The molecule has 3 nitrogen and oxygen atoms in total. The number of amides is 1. The highest BCUT2D eigenvalue weighted by Gasteiger charge is 2.03. The van der Waals surface area contributed by atoms with E-state index in [1.165, 1.54) is 22.3 Å². The van der Waals surface area contributed by atoms with Crippen LogP contribution >= 0.6 is 11.8 Å². The molecule has 1 N–H and O–H groups in total. The first-order chi connectivity index (χ1) is 12.1. The van der Waals surface area contributed by atoms with Gasteiger partial charge in [0.1, 0.15) is 12.4 Å². The van der Waals surface area contributed by atoms with Gasteiger partial charge in [-0.15, -0.1) is 11.8 Å². The van der Waals surface area contributed by atoms with Crippen LogP contribution in [0.1, 0.15) is 29.2 Å². The fraction of sp³-hybridized carbons (Fsp3) is 0.381. The van der Waals surface area contributed by atoms with Crippen molar-refractivity contribution in [2.75, 3.05) is 18.9 Å². The zero-order valence-corrected chi connectivity index (χ0v) is 16.1. The van der Waals surface area contributed by atoms with Crippen LogP contribution in [-0.2, 0) is 17.0 Å². The second kappa shape index (κ2) is 10.1. The number of thioether (sulfide) groups is 1. The summed E-state index contributed by atoms with van der Waals surface area (Å²) in [5, 5.41) is 2.90. The fourth-order valence-corrected chi connectivity index (χ4v) is 3.44. The zero-order chi connectivity index (χ0) is 18.1. The molecule has 0 saturated heterocycles. The lowest BCUT2D eigenvalue weighted by Gasteiger charge is -2.09. The van der Waals surface area contributed by atoms with Crippen LogP contribution in [0.2, 0.25) is 0 Å². The topological polar surface area (TPSA) is 38.3 Å². The third-order valence-corrected chi connectivity index (χ3v) is 4.81. The molecule has 0 heterocycles. The van der Waals surface area contributed by atoms with Crippen LogP contribution in [-0.4, -0.2) is 24.8 Å². The third-order valence-electron chi connectivity index (χ3n) is 3.81. The van der Waals surface area contributed by atoms with Crippen molar-refractivity contribution in [3.63, 3.8) is 0 Å². The standard InChI is InChI=1S/C21H27NO2S/c1-4-18-5-7-20(8-6-18)24-10-9-22-21(23)15-25-14-19-12-16(2)11-17(3)13-19/h5-8,11-13H,4,9-10,14-15H2,1-3H3,(H,22,23). The molecule has 0 aromatic heterocycles. The maximum absolute atomic E-state index is 11.9. The highest BCUT2D eigenvalue weighted by atomic mass is 32.2. The minimum Gasteiger partial charge on any atom is -0.492 e. The van der Waals surface area contributed by atoms with Crippen molar-refractivity contribution in [1.29, 1.82) is 0 Å². The molecule has 25 heavy (non-hydrogen) atoms. The van der Waals surface area contributed by atoms with Crippen molar-refractivity contribution in [3.8, 4) is 5.75 Å². The summed E-state index contributed by atoms with van der Waals surface area (Å²) in [6.07, 6.45) is 1.02. The van der Waals surface area contributed by atoms with E-state index in [1.54, 1.807) is 11.8 Å². The summed E-state index contributed by atoms with van der Waals surface area (Å²) >= 11 is 1.64. The van der Waals surface area contributed by atoms with Crippen LogP contribution < -0.4 is 10.1 Å². The van der Waals surface area contributed by atoms with Crippen LogP contribution in [0.3, 0.4) is 0 Å². The van der Waals surface area contributed by atoms with E-state index in [-0.39, 0.29) is 5.91 Å². The summed E-state index contributed by atoms with van der Waals surface area (Å²) in [5.41, 5.74) is 5.10. The van der Waals surface area contributed by atoms with Gasteiger partial charge in [-0.05, 0) is 43.5 Å². The Hall–Kier alpha value is -1.94. The molecule has 0 aliphatic heterocycles. The van der Waals surface area contributed by atoms with E-state index in [0.29, 0.717) is 18.9 Å². The van der Waals surface area contributed by atoms with Crippen LogP contribution in [0, 0.1) is 13.8 Å². The molecule has 0 saturated carbocycles. The average Bonchev–Trinajstić information content (AvgIpc) is 2.58. The number of carbonyl (C=O) groups is 1. The molecule has 0 unspecified atom stereocenters. The van der Waals surface area contributed by atoms with Gasteiger partial charge < -0.3 is 10.1 Å². The molecule has 134 valence electrons. The molecule has 2 aromatic carbocycles. The second-order valence-corrected chi connectivity index (χ2v) is 7.17. The molecule has 2 aromatic rings. The third kappa shape index (κ3) is 7.22. The Morgan fingerprint density at radius 2 is 1.72 bits per heavy atom. The van der Waals surface area contributed by atoms with Crippen molar-refractivity contribution < 1.29 is 9.53 Å². The SMILES string of the molecule is CCc1ccc(OCCNC(=O)CSCc2cc(C)cc(C)c2)cc1. The van der Waals surface area contributed by atoms with E-state index >= 15 is 0 Å². The number of nitrogens with one attached hydrogen (secondary N) is 1. The van der Waals surface area contributed by atoms with Crippen molar-refractivity contribution in [1.82, 2.24) is 5.32 Å². The molecule has 0 bridgehead atoms. The highest BCUT2D eigenvalue weighted by molar-refractivity contribution is 7.99. The summed E-state index contributed by atoms with van der Waals surface area (Å²) in [4.78, 5) is 11.9. The van der Waals surface area contributed by atoms with Gasteiger partial charge in [0.2, 0.25) is 5.91 Å². The van der Waals surface area contributed by atoms with Gasteiger partial charge in [0.15, 0.2) is 0 Å². The smallest absolute Gasteiger partial charge is 0.230 e. The van der Waals surface area contributed by atoms with E-state index in [2.05, 4.69) is 56.4 Å².